The van der Waals surface area contributed by atoms with Gasteiger partial charge < -0.3 is 30.0 Å². The predicted octanol–water partition coefficient (Wildman–Crippen LogP) is 3.38. The molecule has 168 valence electrons. The Balaban J connectivity index is 1.67. The van der Waals surface area contributed by atoms with Crippen molar-refractivity contribution in [2.24, 2.45) is 10.9 Å². The number of hydrogen-bond donors (Lipinski definition) is 3. The van der Waals surface area contributed by atoms with E-state index in [9.17, 15) is 5.11 Å². The van der Waals surface area contributed by atoms with Gasteiger partial charge in [0.15, 0.2) is 17.5 Å². The molecule has 3 rings (SSSR count). The Hall–Kier alpha value is -2.93. The van der Waals surface area contributed by atoms with Crippen LogP contribution in [-0.2, 0) is 17.8 Å². The van der Waals surface area contributed by atoms with E-state index in [1.54, 1.807) is 13.2 Å². The molecule has 7 nitrogen and oxygen atoms in total. The van der Waals surface area contributed by atoms with Crippen LogP contribution in [0.5, 0.6) is 17.2 Å². The Morgan fingerprint density at radius 1 is 1.19 bits per heavy atom. The number of ether oxygens (including phenoxy) is 3. The topological polar surface area (TPSA) is 84.3 Å². The van der Waals surface area contributed by atoms with Crippen molar-refractivity contribution in [2.75, 3.05) is 33.5 Å². The van der Waals surface area contributed by atoms with E-state index < -0.39 is 0 Å². The molecule has 1 aliphatic rings. The Kier molecular flexibility index (Phi) is 8.41. The summed E-state index contributed by atoms with van der Waals surface area (Å²) in [4.78, 5) is 4.72. The standard InChI is InChI=1S/C24H33N3O4/c1-4-25-24(27-14-20-6-5-7-21(29-3)23(20)28)26-13-19-9-8-17(2)12-22(19)31-16-18-10-11-30-15-18/h5-9,12,18,28H,4,10-11,13-16H2,1-3H3,(H2,25,26,27). The number of guanidine groups is 1. The van der Waals surface area contributed by atoms with Crippen molar-refractivity contribution in [3.8, 4) is 17.2 Å². The minimum absolute atomic E-state index is 0.137. The minimum atomic E-state index is 0.137. The second kappa shape index (κ2) is 11.5. The third-order valence-electron chi connectivity index (χ3n) is 5.22. The lowest BCUT2D eigenvalue weighted by molar-refractivity contribution is 0.166. The zero-order valence-corrected chi connectivity index (χ0v) is 18.6. The average molecular weight is 428 g/mol. The molecule has 1 heterocycles. The Morgan fingerprint density at radius 3 is 2.81 bits per heavy atom. The zero-order valence-electron chi connectivity index (χ0n) is 18.6. The van der Waals surface area contributed by atoms with Gasteiger partial charge >= 0.3 is 0 Å². The van der Waals surface area contributed by atoms with Crippen molar-refractivity contribution in [1.82, 2.24) is 10.6 Å². The number of phenols is 1. The van der Waals surface area contributed by atoms with Crippen molar-refractivity contribution in [3.05, 3.63) is 53.1 Å². The van der Waals surface area contributed by atoms with Crippen molar-refractivity contribution in [1.29, 1.82) is 0 Å². The summed E-state index contributed by atoms with van der Waals surface area (Å²) in [6.45, 7) is 7.96. The molecule has 0 amide bonds. The number of aryl methyl sites for hydroxylation is 1. The molecule has 0 spiro atoms. The van der Waals surface area contributed by atoms with Crippen LogP contribution in [0.25, 0.3) is 0 Å². The monoisotopic (exact) mass is 427 g/mol. The molecule has 31 heavy (non-hydrogen) atoms. The quantitative estimate of drug-likeness (QED) is 0.420. The fourth-order valence-corrected chi connectivity index (χ4v) is 3.41. The SMILES string of the molecule is CCNC(=NCc1ccc(C)cc1OCC1CCOC1)NCc1cccc(OC)c1O. The molecule has 0 saturated carbocycles. The van der Waals surface area contributed by atoms with Gasteiger partial charge in [0.05, 0.1) is 26.9 Å². The maximum atomic E-state index is 10.3. The van der Waals surface area contributed by atoms with Crippen molar-refractivity contribution >= 4 is 5.96 Å². The van der Waals surface area contributed by atoms with Crippen LogP contribution in [-0.4, -0.2) is 44.5 Å². The van der Waals surface area contributed by atoms with Crippen LogP contribution in [0.3, 0.4) is 0 Å². The second-order valence-electron chi connectivity index (χ2n) is 7.67. The fraction of sp³-hybridized carbons (Fsp3) is 0.458. The molecule has 1 saturated heterocycles. The van der Waals surface area contributed by atoms with E-state index in [1.165, 1.54) is 0 Å². The first-order valence-electron chi connectivity index (χ1n) is 10.8. The van der Waals surface area contributed by atoms with Crippen molar-refractivity contribution in [2.45, 2.75) is 33.4 Å². The van der Waals surface area contributed by atoms with Gasteiger partial charge in [-0.3, -0.25) is 0 Å². The number of benzene rings is 2. The maximum Gasteiger partial charge on any atom is 0.191 e. The van der Waals surface area contributed by atoms with Crippen LogP contribution in [0.4, 0.5) is 0 Å². The highest BCUT2D eigenvalue weighted by Gasteiger charge is 2.17. The molecule has 3 N–H and O–H groups in total. The molecule has 0 radical (unpaired) electrons. The minimum Gasteiger partial charge on any atom is -0.504 e. The number of rotatable bonds is 9. The van der Waals surface area contributed by atoms with E-state index in [2.05, 4.69) is 35.8 Å². The molecule has 1 aliphatic heterocycles. The number of aromatic hydroxyl groups is 1. The average Bonchev–Trinajstić information content (AvgIpc) is 3.29. The van der Waals surface area contributed by atoms with E-state index in [4.69, 9.17) is 19.2 Å². The van der Waals surface area contributed by atoms with Crippen LogP contribution in [0.15, 0.2) is 41.4 Å². The first kappa shape index (κ1) is 22.7. The molecule has 1 unspecified atom stereocenters. The Bertz CT molecular complexity index is 879. The number of methoxy groups -OCH3 is 1. The summed E-state index contributed by atoms with van der Waals surface area (Å²) < 4.78 is 16.8. The third kappa shape index (κ3) is 6.52. The van der Waals surface area contributed by atoms with E-state index in [0.29, 0.717) is 37.3 Å². The van der Waals surface area contributed by atoms with Crippen LogP contribution in [0, 0.1) is 12.8 Å². The molecule has 0 aromatic heterocycles. The van der Waals surface area contributed by atoms with E-state index in [0.717, 1.165) is 48.6 Å². The van der Waals surface area contributed by atoms with E-state index >= 15 is 0 Å². The first-order chi connectivity index (χ1) is 15.1. The van der Waals surface area contributed by atoms with E-state index in [-0.39, 0.29) is 5.75 Å². The zero-order chi connectivity index (χ0) is 22.1. The van der Waals surface area contributed by atoms with Gasteiger partial charge in [0.2, 0.25) is 0 Å². The number of para-hydroxylation sites is 1. The predicted molar refractivity (Wildman–Crippen MR) is 122 cm³/mol. The summed E-state index contributed by atoms with van der Waals surface area (Å²) in [7, 11) is 1.54. The van der Waals surface area contributed by atoms with Gasteiger partial charge in [-0.25, -0.2) is 4.99 Å². The molecule has 1 fully saturated rings. The molecule has 2 aromatic carbocycles. The summed E-state index contributed by atoms with van der Waals surface area (Å²) >= 11 is 0. The van der Waals surface area contributed by atoms with Crippen molar-refractivity contribution < 1.29 is 19.3 Å². The van der Waals surface area contributed by atoms with Gasteiger partial charge in [-0.2, -0.15) is 0 Å². The Morgan fingerprint density at radius 2 is 2.06 bits per heavy atom. The number of phenolic OH excluding ortho intramolecular Hbond substituents is 1. The van der Waals surface area contributed by atoms with Crippen LogP contribution in [0.2, 0.25) is 0 Å². The first-order valence-corrected chi connectivity index (χ1v) is 10.8. The van der Waals surface area contributed by atoms with Gasteiger partial charge in [0.25, 0.3) is 0 Å². The van der Waals surface area contributed by atoms with Crippen LogP contribution in [0.1, 0.15) is 30.0 Å². The van der Waals surface area contributed by atoms with E-state index in [1.807, 2.05) is 19.1 Å². The summed E-state index contributed by atoms with van der Waals surface area (Å²) in [6, 6.07) is 11.6. The highest BCUT2D eigenvalue weighted by Crippen LogP contribution is 2.29. The lowest BCUT2D eigenvalue weighted by Gasteiger charge is -2.16. The third-order valence-corrected chi connectivity index (χ3v) is 5.22. The number of hydrogen-bond acceptors (Lipinski definition) is 5. The summed E-state index contributed by atoms with van der Waals surface area (Å²) in [6.07, 6.45) is 1.05. The number of nitrogens with one attached hydrogen (secondary N) is 2. The van der Waals surface area contributed by atoms with Gasteiger partial charge in [-0.05, 0) is 38.0 Å². The van der Waals surface area contributed by atoms with Crippen molar-refractivity contribution in [3.63, 3.8) is 0 Å². The number of aliphatic imine (C=N–C) groups is 1. The fourth-order valence-electron chi connectivity index (χ4n) is 3.41. The molecular formula is C24H33N3O4. The van der Waals surface area contributed by atoms with Gasteiger partial charge in [-0.1, -0.05) is 24.3 Å². The summed E-state index contributed by atoms with van der Waals surface area (Å²) in [5.41, 5.74) is 2.93. The molecule has 0 aliphatic carbocycles. The molecular weight excluding hydrogens is 394 g/mol. The molecule has 1 atom stereocenters. The highest BCUT2D eigenvalue weighted by atomic mass is 16.5. The number of nitrogens with zero attached hydrogens (tertiary/aromatic N) is 1. The lowest BCUT2D eigenvalue weighted by Crippen LogP contribution is -2.36. The molecule has 2 aromatic rings. The van der Waals surface area contributed by atoms with Gasteiger partial charge in [0, 0.05) is 36.7 Å². The van der Waals surface area contributed by atoms with Gasteiger partial charge in [-0.15, -0.1) is 0 Å². The summed E-state index contributed by atoms with van der Waals surface area (Å²) in [5.74, 6) is 2.58. The van der Waals surface area contributed by atoms with Crippen LogP contribution >= 0.6 is 0 Å². The van der Waals surface area contributed by atoms with Gasteiger partial charge in [0.1, 0.15) is 5.75 Å². The van der Waals surface area contributed by atoms with Crippen LogP contribution < -0.4 is 20.1 Å². The maximum absolute atomic E-state index is 10.3. The largest absolute Gasteiger partial charge is 0.504 e. The lowest BCUT2D eigenvalue weighted by atomic mass is 10.1. The smallest absolute Gasteiger partial charge is 0.191 e. The highest BCUT2D eigenvalue weighted by molar-refractivity contribution is 5.79. The molecule has 0 bridgehead atoms. The Labute approximate surface area is 184 Å². The second-order valence-corrected chi connectivity index (χ2v) is 7.67. The summed E-state index contributed by atoms with van der Waals surface area (Å²) in [5, 5.41) is 16.8. The molecule has 7 heteroatoms. The normalized spacial score (nSPS) is 16.2.